The zero-order valence-electron chi connectivity index (χ0n) is 29.7. The lowest BCUT2D eigenvalue weighted by Gasteiger charge is -2.17. The van der Waals surface area contributed by atoms with E-state index >= 15 is 0 Å². The molecular formula is C50H26N6. The van der Waals surface area contributed by atoms with Gasteiger partial charge < -0.3 is 17.9 Å². The molecule has 8 aromatic carbocycles. The van der Waals surface area contributed by atoms with Gasteiger partial charge in [0.25, 0.3) is 0 Å². The van der Waals surface area contributed by atoms with Crippen molar-refractivity contribution in [3.63, 3.8) is 0 Å². The SMILES string of the molecule is N#Cc1cccc(-n2c3ccccc3c3cc4c5ccccc5n5c4c(c32)n2c3ccccc3c3cc4c6ccccc6n(-c6ccccc6C#N)c4c5c32)c1. The first-order valence-electron chi connectivity index (χ1n) is 18.7. The van der Waals surface area contributed by atoms with Gasteiger partial charge in [0.15, 0.2) is 0 Å². The standard InChI is InChI=1S/C50H26N6/c51-27-29-12-11-14-31(24-29)53-41-20-7-2-15-32(41)36-25-38-34-17-5-10-23-44(34)56-47(38)49(45(36)53)55-43-22-9-4-18-35(43)39-26-37-33-16-3-8-21-42(33)54(46(37)50(56)48(39)55)40-19-6-1-13-30(40)28-52/h1-26H. The highest BCUT2D eigenvalue weighted by molar-refractivity contribution is 6.33. The number of nitriles is 2. The molecule has 5 heterocycles. The summed E-state index contributed by atoms with van der Waals surface area (Å²) in [6, 6.07) is 60.2. The van der Waals surface area contributed by atoms with Crippen LogP contribution in [0.25, 0.3) is 110 Å². The number of fused-ring (bicyclic) bond motifs is 16. The second-order valence-corrected chi connectivity index (χ2v) is 14.7. The molecule has 0 saturated heterocycles. The Kier molecular flexibility index (Phi) is 5.42. The van der Waals surface area contributed by atoms with Crippen LogP contribution < -0.4 is 0 Å². The molecule has 0 radical (unpaired) electrons. The summed E-state index contributed by atoms with van der Waals surface area (Å²) in [4.78, 5) is 0. The molecule has 5 aromatic heterocycles. The summed E-state index contributed by atoms with van der Waals surface area (Å²) >= 11 is 0. The highest BCUT2D eigenvalue weighted by Crippen LogP contribution is 2.49. The van der Waals surface area contributed by atoms with Crippen LogP contribution in [0.3, 0.4) is 0 Å². The van der Waals surface area contributed by atoms with Crippen molar-refractivity contribution < 1.29 is 0 Å². The fourth-order valence-electron chi connectivity index (χ4n) is 9.97. The van der Waals surface area contributed by atoms with E-state index in [0.717, 1.165) is 88.1 Å². The fourth-order valence-corrected chi connectivity index (χ4v) is 9.97. The van der Waals surface area contributed by atoms with E-state index in [0.29, 0.717) is 11.1 Å². The zero-order valence-corrected chi connectivity index (χ0v) is 29.7. The molecule has 0 aliphatic rings. The average Bonchev–Trinajstić information content (AvgIpc) is 3.98. The third-order valence-corrected chi connectivity index (χ3v) is 12.1. The molecule has 0 fully saturated rings. The van der Waals surface area contributed by atoms with Crippen molar-refractivity contribution in [2.75, 3.05) is 0 Å². The van der Waals surface area contributed by atoms with E-state index in [1.165, 1.54) is 21.5 Å². The molecule has 0 bridgehead atoms. The Bertz CT molecular complexity index is 3960. The summed E-state index contributed by atoms with van der Waals surface area (Å²) in [5, 5.41) is 29.8. The quantitative estimate of drug-likeness (QED) is 0.168. The van der Waals surface area contributed by atoms with Crippen LogP contribution in [0.2, 0.25) is 0 Å². The molecule has 0 N–H and O–H groups in total. The van der Waals surface area contributed by atoms with Gasteiger partial charge in [-0.15, -0.1) is 0 Å². The molecule has 13 aromatic rings. The number of nitrogens with zero attached hydrogens (tertiary/aromatic N) is 6. The summed E-state index contributed by atoms with van der Waals surface area (Å²) in [7, 11) is 0. The highest BCUT2D eigenvalue weighted by atomic mass is 15.1. The van der Waals surface area contributed by atoms with E-state index in [1.54, 1.807) is 0 Å². The minimum absolute atomic E-state index is 0.615. The summed E-state index contributed by atoms with van der Waals surface area (Å²) < 4.78 is 9.67. The van der Waals surface area contributed by atoms with Gasteiger partial charge >= 0.3 is 0 Å². The lowest BCUT2D eigenvalue weighted by atomic mass is 10.1. The van der Waals surface area contributed by atoms with Gasteiger partial charge in [0, 0.05) is 48.8 Å². The Morgan fingerprint density at radius 2 is 0.804 bits per heavy atom. The summed E-state index contributed by atoms with van der Waals surface area (Å²) in [5.41, 5.74) is 14.0. The number of hydrogen-bond donors (Lipinski definition) is 0. The van der Waals surface area contributed by atoms with E-state index in [4.69, 9.17) is 0 Å². The van der Waals surface area contributed by atoms with Crippen molar-refractivity contribution in [3.8, 4) is 23.5 Å². The fraction of sp³-hybridized carbons (Fsp3) is 0. The molecule has 0 unspecified atom stereocenters. The molecule has 0 aliphatic carbocycles. The Balaban J connectivity index is 1.42. The number of aromatic nitrogens is 4. The van der Waals surface area contributed by atoms with E-state index in [1.807, 2.05) is 36.4 Å². The third-order valence-electron chi connectivity index (χ3n) is 12.1. The van der Waals surface area contributed by atoms with Gasteiger partial charge in [-0.1, -0.05) is 91.0 Å². The van der Waals surface area contributed by atoms with Gasteiger partial charge in [0.2, 0.25) is 0 Å². The first-order valence-corrected chi connectivity index (χ1v) is 18.7. The van der Waals surface area contributed by atoms with E-state index < -0.39 is 0 Å². The van der Waals surface area contributed by atoms with Crippen molar-refractivity contribution in [2.45, 2.75) is 0 Å². The highest BCUT2D eigenvalue weighted by Gasteiger charge is 2.29. The first-order chi connectivity index (χ1) is 27.7. The lowest BCUT2D eigenvalue weighted by molar-refractivity contribution is 1.16. The molecule has 0 aliphatic heterocycles. The van der Waals surface area contributed by atoms with Crippen LogP contribution in [0.1, 0.15) is 11.1 Å². The second kappa shape index (κ2) is 10.3. The third kappa shape index (κ3) is 3.41. The second-order valence-electron chi connectivity index (χ2n) is 14.7. The average molecular weight is 711 g/mol. The number of rotatable bonds is 2. The largest absolute Gasteiger partial charge is 0.307 e. The molecule has 0 atom stereocenters. The molecule has 13 rings (SSSR count). The van der Waals surface area contributed by atoms with Crippen molar-refractivity contribution in [1.82, 2.24) is 17.9 Å². The van der Waals surface area contributed by atoms with Crippen LogP contribution in [-0.2, 0) is 0 Å². The molecule has 56 heavy (non-hydrogen) atoms. The molecule has 0 saturated carbocycles. The van der Waals surface area contributed by atoms with Crippen LogP contribution in [0.15, 0.2) is 158 Å². The molecule has 0 spiro atoms. The van der Waals surface area contributed by atoms with Crippen LogP contribution >= 0.6 is 0 Å². The zero-order chi connectivity index (χ0) is 36.8. The Morgan fingerprint density at radius 1 is 0.339 bits per heavy atom. The summed E-state index contributed by atoms with van der Waals surface area (Å²) in [5.74, 6) is 0. The minimum atomic E-state index is 0.615. The van der Waals surface area contributed by atoms with Gasteiger partial charge in [0.05, 0.1) is 78.1 Å². The monoisotopic (exact) mass is 710 g/mol. The molecule has 6 nitrogen and oxygen atoms in total. The Hall–Kier alpha value is -8.06. The van der Waals surface area contributed by atoms with Gasteiger partial charge in [-0.2, -0.15) is 10.5 Å². The predicted octanol–water partition coefficient (Wildman–Crippen LogP) is 12.2. The van der Waals surface area contributed by atoms with Gasteiger partial charge in [-0.25, -0.2) is 0 Å². The van der Waals surface area contributed by atoms with Gasteiger partial charge in [-0.3, -0.25) is 0 Å². The number of para-hydroxylation sites is 5. The van der Waals surface area contributed by atoms with Crippen LogP contribution in [0.5, 0.6) is 0 Å². The maximum Gasteiger partial charge on any atom is 0.101 e. The molecule has 0 amide bonds. The Labute approximate surface area is 318 Å². The molecule has 6 heteroatoms. The minimum Gasteiger partial charge on any atom is -0.307 e. The van der Waals surface area contributed by atoms with E-state index in [2.05, 4.69) is 151 Å². The van der Waals surface area contributed by atoms with E-state index in [9.17, 15) is 10.5 Å². The van der Waals surface area contributed by atoms with Crippen molar-refractivity contribution in [3.05, 3.63) is 169 Å². The van der Waals surface area contributed by atoms with Crippen LogP contribution in [0, 0.1) is 22.7 Å². The Morgan fingerprint density at radius 3 is 1.38 bits per heavy atom. The van der Waals surface area contributed by atoms with Crippen molar-refractivity contribution in [1.29, 1.82) is 10.5 Å². The first kappa shape index (κ1) is 29.4. The number of benzene rings is 8. The normalized spacial score (nSPS) is 12.2. The maximum absolute atomic E-state index is 10.5. The topological polar surface area (TPSA) is 66.3 Å². The van der Waals surface area contributed by atoms with E-state index in [-0.39, 0.29) is 0 Å². The van der Waals surface area contributed by atoms with Crippen LogP contribution in [0.4, 0.5) is 0 Å². The van der Waals surface area contributed by atoms with Crippen molar-refractivity contribution >= 4 is 98.3 Å². The van der Waals surface area contributed by atoms with Gasteiger partial charge in [-0.05, 0) is 66.7 Å². The van der Waals surface area contributed by atoms with Crippen LogP contribution in [-0.4, -0.2) is 17.9 Å². The van der Waals surface area contributed by atoms with Gasteiger partial charge in [0.1, 0.15) is 6.07 Å². The lowest BCUT2D eigenvalue weighted by Crippen LogP contribution is -2.04. The predicted molar refractivity (Wildman–Crippen MR) is 228 cm³/mol. The molecule has 256 valence electrons. The summed E-state index contributed by atoms with van der Waals surface area (Å²) in [6.07, 6.45) is 0. The smallest absolute Gasteiger partial charge is 0.101 e. The maximum atomic E-state index is 10.5. The molecular weight excluding hydrogens is 685 g/mol. The number of hydrogen-bond acceptors (Lipinski definition) is 2. The van der Waals surface area contributed by atoms with Crippen molar-refractivity contribution in [2.24, 2.45) is 0 Å². The summed E-state index contributed by atoms with van der Waals surface area (Å²) in [6.45, 7) is 0.